The van der Waals surface area contributed by atoms with Crippen LogP contribution >= 0.6 is 0 Å². The van der Waals surface area contributed by atoms with Crippen LogP contribution in [0.25, 0.3) is 38.7 Å². The third-order valence-corrected chi connectivity index (χ3v) is 7.34. The summed E-state index contributed by atoms with van der Waals surface area (Å²) in [7, 11) is 0. The summed E-state index contributed by atoms with van der Waals surface area (Å²) in [6.07, 6.45) is 4.34. The monoisotopic (exact) mass is 539 g/mol. The first-order chi connectivity index (χ1) is 19.4. The number of halogens is 1. The molecule has 0 unspecified atom stereocenters. The second kappa shape index (κ2) is 8.83. The van der Waals surface area contributed by atoms with E-state index in [4.69, 9.17) is 16.5 Å². The van der Waals surface area contributed by atoms with Gasteiger partial charge in [-0.25, -0.2) is 9.37 Å². The number of hydrogen-bond donors (Lipinski definition) is 3. The minimum atomic E-state index is -0.360. The summed E-state index contributed by atoms with van der Waals surface area (Å²) in [5.41, 5.74) is 14.7. The van der Waals surface area contributed by atoms with Crippen molar-refractivity contribution in [3.8, 4) is 11.1 Å². The smallest absolute Gasteiger partial charge is 0.291 e. The number of hydrogen-bond acceptors (Lipinski definition) is 9. The van der Waals surface area contributed by atoms with Crippen LogP contribution < -0.4 is 17.0 Å². The van der Waals surface area contributed by atoms with Gasteiger partial charge in [0.25, 0.3) is 11.5 Å². The molecular formula is C26H22FN11O2. The van der Waals surface area contributed by atoms with Gasteiger partial charge in [-0.2, -0.15) is 14.6 Å². The van der Waals surface area contributed by atoms with Gasteiger partial charge in [0.05, 0.1) is 17.1 Å². The predicted octanol–water partition coefficient (Wildman–Crippen LogP) is 2.16. The number of carbonyl (C=O) groups is 1. The zero-order chi connectivity index (χ0) is 27.5. The van der Waals surface area contributed by atoms with Crippen LogP contribution in [0.5, 0.6) is 0 Å². The van der Waals surface area contributed by atoms with Crippen molar-refractivity contribution in [3.05, 3.63) is 70.8 Å². The van der Waals surface area contributed by atoms with Crippen molar-refractivity contribution in [2.75, 3.05) is 24.6 Å². The molecular weight excluding hydrogens is 517 g/mol. The molecule has 0 atom stereocenters. The fourth-order valence-corrected chi connectivity index (χ4v) is 5.35. The second-order valence-corrected chi connectivity index (χ2v) is 9.70. The largest absolute Gasteiger partial charge is 0.383 e. The third-order valence-electron chi connectivity index (χ3n) is 7.34. The molecule has 200 valence electrons. The highest BCUT2D eigenvalue weighted by atomic mass is 19.1. The number of H-pyrrole nitrogens is 1. The fourth-order valence-electron chi connectivity index (χ4n) is 5.35. The Morgan fingerprint density at radius 2 is 1.85 bits per heavy atom. The molecule has 6 aromatic rings. The molecule has 40 heavy (non-hydrogen) atoms. The molecule has 0 radical (unpaired) electrons. The maximum atomic E-state index is 13.9. The van der Waals surface area contributed by atoms with Gasteiger partial charge in [-0.15, -0.1) is 5.10 Å². The zero-order valence-electron chi connectivity index (χ0n) is 21.0. The summed E-state index contributed by atoms with van der Waals surface area (Å²) in [5.74, 6) is -0.253. The van der Waals surface area contributed by atoms with E-state index in [1.807, 2.05) is 6.07 Å². The quantitative estimate of drug-likeness (QED) is 0.304. The zero-order valence-corrected chi connectivity index (χ0v) is 21.0. The molecule has 0 saturated carbocycles. The van der Waals surface area contributed by atoms with E-state index in [0.29, 0.717) is 70.5 Å². The fraction of sp³-hybridized carbons (Fsp3) is 0.192. The first-order valence-corrected chi connectivity index (χ1v) is 12.6. The molecule has 13 nitrogen and oxygen atoms in total. The topological polar surface area (TPSA) is 179 Å². The second-order valence-electron chi connectivity index (χ2n) is 9.70. The Hall–Kier alpha value is -5.40. The van der Waals surface area contributed by atoms with Crippen LogP contribution in [0.3, 0.4) is 0 Å². The summed E-state index contributed by atoms with van der Waals surface area (Å²) in [6.45, 7) is 0.809. The van der Waals surface area contributed by atoms with Crippen LogP contribution in [0.4, 0.5) is 16.2 Å². The molecule has 6 heterocycles. The summed E-state index contributed by atoms with van der Waals surface area (Å²) < 4.78 is 17.0. The Morgan fingerprint density at radius 3 is 2.62 bits per heavy atom. The van der Waals surface area contributed by atoms with E-state index in [-0.39, 0.29) is 35.1 Å². The minimum absolute atomic E-state index is 0.00129. The van der Waals surface area contributed by atoms with Gasteiger partial charge in [0.1, 0.15) is 17.3 Å². The minimum Gasteiger partial charge on any atom is -0.383 e. The van der Waals surface area contributed by atoms with E-state index in [0.717, 1.165) is 0 Å². The average Bonchev–Trinajstić information content (AvgIpc) is 3.59. The molecule has 1 amide bonds. The number of nitrogens with two attached hydrogens (primary N) is 2. The van der Waals surface area contributed by atoms with Crippen molar-refractivity contribution in [2.45, 2.75) is 18.9 Å². The first kappa shape index (κ1) is 23.7. The maximum Gasteiger partial charge on any atom is 0.291 e. The lowest BCUT2D eigenvalue weighted by Gasteiger charge is -2.32. The highest BCUT2D eigenvalue weighted by molar-refractivity contribution is 5.93. The van der Waals surface area contributed by atoms with Crippen LogP contribution in [0, 0.1) is 5.82 Å². The van der Waals surface area contributed by atoms with E-state index in [9.17, 15) is 14.0 Å². The number of piperidine rings is 1. The molecule has 1 fully saturated rings. The molecule has 1 aliphatic rings. The van der Waals surface area contributed by atoms with Crippen molar-refractivity contribution < 1.29 is 9.18 Å². The number of nitrogens with one attached hydrogen (secondary N) is 1. The number of amides is 1. The highest BCUT2D eigenvalue weighted by Gasteiger charge is 2.28. The lowest BCUT2D eigenvalue weighted by atomic mass is 10.0. The lowest BCUT2D eigenvalue weighted by Crippen LogP contribution is -2.41. The number of likely N-dealkylation sites (tertiary alicyclic amines) is 1. The van der Waals surface area contributed by atoms with Crippen molar-refractivity contribution in [1.82, 2.24) is 44.2 Å². The van der Waals surface area contributed by atoms with E-state index >= 15 is 0 Å². The number of anilines is 2. The maximum absolute atomic E-state index is 13.9. The third kappa shape index (κ3) is 3.72. The van der Waals surface area contributed by atoms with Crippen molar-refractivity contribution >= 4 is 45.3 Å². The van der Waals surface area contributed by atoms with Crippen LogP contribution in [-0.4, -0.2) is 63.2 Å². The Balaban J connectivity index is 1.29. The summed E-state index contributed by atoms with van der Waals surface area (Å²) in [6, 6.07) is 9.11. The number of aromatic nitrogens is 8. The molecule has 5 N–H and O–H groups in total. The van der Waals surface area contributed by atoms with Gasteiger partial charge in [0.15, 0.2) is 5.65 Å². The number of pyridine rings is 2. The molecule has 0 spiro atoms. The number of nitrogen functional groups attached to an aromatic ring is 2. The highest BCUT2D eigenvalue weighted by Crippen LogP contribution is 2.31. The van der Waals surface area contributed by atoms with Gasteiger partial charge in [-0.05, 0) is 43.2 Å². The first-order valence-electron chi connectivity index (χ1n) is 12.6. The summed E-state index contributed by atoms with van der Waals surface area (Å²) in [5, 5.41) is 11.9. The van der Waals surface area contributed by atoms with E-state index in [1.54, 1.807) is 34.0 Å². The Labute approximate surface area is 224 Å². The van der Waals surface area contributed by atoms with Crippen molar-refractivity contribution in [3.63, 3.8) is 0 Å². The molecule has 0 aliphatic carbocycles. The number of carbonyl (C=O) groups excluding carboxylic acids is 1. The molecule has 0 bridgehead atoms. The van der Waals surface area contributed by atoms with Crippen LogP contribution in [0.2, 0.25) is 0 Å². The van der Waals surface area contributed by atoms with Gasteiger partial charge >= 0.3 is 0 Å². The molecule has 7 rings (SSSR count). The molecule has 1 aromatic carbocycles. The molecule has 5 aromatic heterocycles. The van der Waals surface area contributed by atoms with Gasteiger partial charge in [-0.1, -0.05) is 0 Å². The van der Waals surface area contributed by atoms with Crippen molar-refractivity contribution in [1.29, 1.82) is 0 Å². The number of benzene rings is 1. The number of aromatic amines is 1. The number of nitrogens with zero attached hydrogens (tertiary/aromatic N) is 8. The summed E-state index contributed by atoms with van der Waals surface area (Å²) >= 11 is 0. The Bertz CT molecular complexity index is 2020. The van der Waals surface area contributed by atoms with E-state index in [2.05, 4.69) is 25.3 Å². The number of fused-ring (bicyclic) bond motifs is 3. The SMILES string of the molecule is Nc1n[nH]c(C(=O)N2CCC(n3c(=O)ccc4c(N)n5ncc(-c6cnc7ccc(F)cc7c6)c5nc43)CC2)n1. The van der Waals surface area contributed by atoms with E-state index in [1.165, 1.54) is 22.7 Å². The van der Waals surface area contributed by atoms with Gasteiger partial charge in [0, 0.05) is 47.9 Å². The summed E-state index contributed by atoms with van der Waals surface area (Å²) in [4.78, 5) is 40.9. The molecule has 14 heteroatoms. The molecule has 1 aliphatic heterocycles. The predicted molar refractivity (Wildman–Crippen MR) is 145 cm³/mol. The van der Waals surface area contributed by atoms with Gasteiger partial charge in [0.2, 0.25) is 11.8 Å². The number of rotatable bonds is 3. The Morgan fingerprint density at radius 1 is 1.02 bits per heavy atom. The molecule has 1 saturated heterocycles. The van der Waals surface area contributed by atoms with Crippen LogP contribution in [0.15, 0.2) is 53.6 Å². The Kier molecular flexibility index (Phi) is 5.23. The van der Waals surface area contributed by atoms with Gasteiger partial charge in [-0.3, -0.25) is 24.2 Å². The lowest BCUT2D eigenvalue weighted by molar-refractivity contribution is 0.0683. The van der Waals surface area contributed by atoms with Crippen LogP contribution in [0.1, 0.15) is 29.5 Å². The van der Waals surface area contributed by atoms with Crippen molar-refractivity contribution in [2.24, 2.45) is 0 Å². The standard InChI is InChI=1S/C26H22FN11O2/c27-15-1-3-19-13(10-15)9-14(11-30-19)18-12-31-38-21(28)17-2-4-20(39)37(23(17)33-24(18)38)16-5-7-36(8-6-16)25(40)22-32-26(29)35-34-22/h1-4,9-12,16H,5-8,28H2,(H3,29,32,34,35). The van der Waals surface area contributed by atoms with E-state index < -0.39 is 0 Å². The van der Waals surface area contributed by atoms with Gasteiger partial charge < -0.3 is 16.4 Å². The average molecular weight is 540 g/mol. The normalized spacial score (nSPS) is 14.5. The van der Waals surface area contributed by atoms with Crippen LogP contribution in [-0.2, 0) is 0 Å².